The van der Waals surface area contributed by atoms with E-state index in [0.717, 1.165) is 9.99 Å². The van der Waals surface area contributed by atoms with E-state index in [1.54, 1.807) is 18.3 Å². The zero-order valence-electron chi connectivity index (χ0n) is 14.5. The van der Waals surface area contributed by atoms with Gasteiger partial charge in [0.05, 0.1) is 24.2 Å². The van der Waals surface area contributed by atoms with Gasteiger partial charge in [0, 0.05) is 26.3 Å². The second-order valence-corrected chi connectivity index (χ2v) is 7.61. The van der Waals surface area contributed by atoms with Gasteiger partial charge >= 0.3 is 0 Å². The first-order valence-electron chi connectivity index (χ1n) is 7.53. The van der Waals surface area contributed by atoms with E-state index in [1.165, 1.54) is 37.0 Å². The standard InChI is InChI=1S/C15H21FN6O2S.ClH/c1-21(2)25(23,24)15-5-3-13(4-6-15)18-9-14-11-22(20-19-14)10-12(16)7-8-17;/h3-7,11,18H,8-10,17H2,1-2H3;1H/b12-7-;. The quantitative estimate of drug-likeness (QED) is 0.688. The molecule has 8 nitrogen and oxygen atoms in total. The fraction of sp³-hybridized carbons (Fsp3) is 0.333. The number of halogens is 2. The predicted octanol–water partition coefficient (Wildman–Crippen LogP) is 1.37. The molecule has 0 aliphatic carbocycles. The fourth-order valence-electron chi connectivity index (χ4n) is 1.99. The molecule has 3 N–H and O–H groups in total. The summed E-state index contributed by atoms with van der Waals surface area (Å²) in [5.74, 6) is -0.371. The van der Waals surface area contributed by atoms with Gasteiger partial charge in [0.15, 0.2) is 0 Å². The molecular weight excluding hydrogens is 383 g/mol. The van der Waals surface area contributed by atoms with Gasteiger partial charge in [0.1, 0.15) is 11.5 Å². The average Bonchev–Trinajstić information content (AvgIpc) is 3.00. The highest BCUT2D eigenvalue weighted by Gasteiger charge is 2.16. The highest BCUT2D eigenvalue weighted by Crippen LogP contribution is 2.17. The number of allylic oxidation sites excluding steroid dienone is 1. The highest BCUT2D eigenvalue weighted by molar-refractivity contribution is 7.89. The number of hydrogen-bond acceptors (Lipinski definition) is 6. The van der Waals surface area contributed by atoms with Crippen molar-refractivity contribution in [2.45, 2.75) is 18.0 Å². The molecule has 0 spiro atoms. The lowest BCUT2D eigenvalue weighted by atomic mass is 10.3. The molecule has 11 heteroatoms. The Morgan fingerprint density at radius 3 is 2.58 bits per heavy atom. The minimum Gasteiger partial charge on any atom is -0.379 e. The number of benzene rings is 1. The number of hydrogen-bond donors (Lipinski definition) is 2. The van der Waals surface area contributed by atoms with Gasteiger partial charge in [-0.1, -0.05) is 5.21 Å². The van der Waals surface area contributed by atoms with Gasteiger partial charge in [-0.05, 0) is 30.3 Å². The molecule has 0 fully saturated rings. The Hall–Kier alpha value is -2.01. The summed E-state index contributed by atoms with van der Waals surface area (Å²) in [5, 5.41) is 10.9. The zero-order valence-corrected chi connectivity index (χ0v) is 16.1. The lowest BCUT2D eigenvalue weighted by Crippen LogP contribution is -2.22. The van der Waals surface area contributed by atoms with Crippen LogP contribution in [-0.4, -0.2) is 48.4 Å². The third kappa shape index (κ3) is 5.77. The maximum Gasteiger partial charge on any atom is 0.242 e. The minimum atomic E-state index is -3.44. The molecule has 1 aromatic carbocycles. The van der Waals surface area contributed by atoms with Gasteiger partial charge in [-0.2, -0.15) is 0 Å². The fourth-order valence-corrected chi connectivity index (χ4v) is 2.89. The van der Waals surface area contributed by atoms with Crippen molar-refractivity contribution in [3.05, 3.63) is 48.1 Å². The molecule has 0 aliphatic heterocycles. The number of nitrogens with two attached hydrogens (primary N) is 1. The highest BCUT2D eigenvalue weighted by atomic mass is 35.5. The van der Waals surface area contributed by atoms with E-state index in [4.69, 9.17) is 5.73 Å². The van der Waals surface area contributed by atoms with Crippen LogP contribution in [-0.2, 0) is 23.1 Å². The van der Waals surface area contributed by atoms with E-state index >= 15 is 0 Å². The number of sulfonamides is 1. The summed E-state index contributed by atoms with van der Waals surface area (Å²) >= 11 is 0. The molecule has 0 radical (unpaired) electrons. The van der Waals surface area contributed by atoms with Crippen LogP contribution in [0.4, 0.5) is 10.1 Å². The van der Waals surface area contributed by atoms with Crippen LogP contribution in [0.2, 0.25) is 0 Å². The lowest BCUT2D eigenvalue weighted by molar-refractivity contribution is 0.516. The first-order valence-corrected chi connectivity index (χ1v) is 8.97. The van der Waals surface area contributed by atoms with Gasteiger partial charge < -0.3 is 11.1 Å². The largest absolute Gasteiger partial charge is 0.379 e. The molecule has 0 unspecified atom stereocenters. The van der Waals surface area contributed by atoms with Crippen LogP contribution in [0.15, 0.2) is 47.3 Å². The maximum absolute atomic E-state index is 13.4. The monoisotopic (exact) mass is 404 g/mol. The summed E-state index contributed by atoms with van der Waals surface area (Å²) in [6.07, 6.45) is 2.91. The normalized spacial score (nSPS) is 12.1. The number of anilines is 1. The molecule has 2 rings (SSSR count). The molecule has 144 valence electrons. The number of aromatic nitrogens is 3. The number of nitrogens with one attached hydrogen (secondary N) is 1. The topological polar surface area (TPSA) is 106 Å². The summed E-state index contributed by atoms with van der Waals surface area (Å²) < 4.78 is 39.9. The zero-order chi connectivity index (χ0) is 18.4. The Morgan fingerprint density at radius 2 is 2.00 bits per heavy atom. The summed E-state index contributed by atoms with van der Waals surface area (Å²) in [4.78, 5) is 0.219. The van der Waals surface area contributed by atoms with E-state index in [1.807, 2.05) is 0 Å². The molecular formula is C15H22ClFN6O2S. The van der Waals surface area contributed by atoms with Gasteiger partial charge in [0.25, 0.3) is 0 Å². The van der Waals surface area contributed by atoms with Crippen LogP contribution in [0.3, 0.4) is 0 Å². The van der Waals surface area contributed by atoms with Crippen LogP contribution in [0.25, 0.3) is 0 Å². The van der Waals surface area contributed by atoms with E-state index < -0.39 is 10.0 Å². The minimum absolute atomic E-state index is 0. The van der Waals surface area contributed by atoms with Crippen molar-refractivity contribution in [3.63, 3.8) is 0 Å². The Labute approximate surface area is 158 Å². The third-order valence-electron chi connectivity index (χ3n) is 3.35. The second-order valence-electron chi connectivity index (χ2n) is 5.46. The summed E-state index contributed by atoms with van der Waals surface area (Å²) in [7, 11) is -0.479. The second kappa shape index (κ2) is 9.62. The Morgan fingerprint density at radius 1 is 1.35 bits per heavy atom. The van der Waals surface area contributed by atoms with Crippen molar-refractivity contribution in [2.24, 2.45) is 5.73 Å². The smallest absolute Gasteiger partial charge is 0.242 e. The van der Waals surface area contributed by atoms with Gasteiger partial charge in [-0.3, -0.25) is 0 Å². The molecule has 0 aliphatic rings. The molecule has 0 amide bonds. The summed E-state index contributed by atoms with van der Waals surface area (Å²) in [5.41, 5.74) is 6.61. The van der Waals surface area contributed by atoms with Crippen molar-refractivity contribution in [3.8, 4) is 0 Å². The van der Waals surface area contributed by atoms with Crippen molar-refractivity contribution in [1.82, 2.24) is 19.3 Å². The van der Waals surface area contributed by atoms with Gasteiger partial charge in [-0.25, -0.2) is 21.8 Å². The Balaban J connectivity index is 0.00000338. The molecule has 0 saturated carbocycles. The molecule has 0 bridgehead atoms. The molecule has 0 saturated heterocycles. The van der Waals surface area contributed by atoms with Crippen molar-refractivity contribution in [1.29, 1.82) is 0 Å². The van der Waals surface area contributed by atoms with Gasteiger partial charge in [-0.15, -0.1) is 17.5 Å². The van der Waals surface area contributed by atoms with E-state index in [0.29, 0.717) is 12.2 Å². The van der Waals surface area contributed by atoms with E-state index in [-0.39, 0.29) is 36.2 Å². The first kappa shape index (κ1) is 22.0. The Bertz CT molecular complexity index is 836. The van der Waals surface area contributed by atoms with Crippen molar-refractivity contribution < 1.29 is 12.8 Å². The van der Waals surface area contributed by atoms with Crippen LogP contribution in [0.5, 0.6) is 0 Å². The molecule has 26 heavy (non-hydrogen) atoms. The van der Waals surface area contributed by atoms with E-state index in [9.17, 15) is 12.8 Å². The van der Waals surface area contributed by atoms with Crippen LogP contribution < -0.4 is 11.1 Å². The average molecular weight is 405 g/mol. The van der Waals surface area contributed by atoms with Gasteiger partial charge in [0.2, 0.25) is 10.0 Å². The van der Waals surface area contributed by atoms with Crippen LogP contribution in [0, 0.1) is 0 Å². The lowest BCUT2D eigenvalue weighted by Gasteiger charge is -2.12. The Kier molecular flexibility index (Phi) is 8.15. The SMILES string of the molecule is CN(C)S(=O)(=O)c1ccc(NCc2cn(C/C(F)=C/CN)nn2)cc1.Cl. The maximum atomic E-state index is 13.4. The molecule has 2 aromatic rings. The first-order chi connectivity index (χ1) is 11.8. The summed E-state index contributed by atoms with van der Waals surface area (Å²) in [6.45, 7) is 0.498. The number of nitrogens with zero attached hydrogens (tertiary/aromatic N) is 4. The van der Waals surface area contributed by atoms with Crippen LogP contribution >= 0.6 is 12.4 Å². The predicted molar refractivity (Wildman–Crippen MR) is 100 cm³/mol. The number of rotatable bonds is 8. The third-order valence-corrected chi connectivity index (χ3v) is 5.17. The van der Waals surface area contributed by atoms with E-state index in [2.05, 4.69) is 15.6 Å². The molecule has 1 heterocycles. The molecule has 1 aromatic heterocycles. The van der Waals surface area contributed by atoms with Crippen molar-refractivity contribution >= 4 is 28.1 Å². The summed E-state index contributed by atoms with van der Waals surface area (Å²) in [6, 6.07) is 6.40. The van der Waals surface area contributed by atoms with Crippen molar-refractivity contribution in [2.75, 3.05) is 26.0 Å². The molecule has 0 atom stereocenters. The van der Waals surface area contributed by atoms with Crippen LogP contribution in [0.1, 0.15) is 5.69 Å².